The second-order valence-electron chi connectivity index (χ2n) is 4.62. The number of nitro groups is 1. The summed E-state index contributed by atoms with van der Waals surface area (Å²) in [5.41, 5.74) is 1.34. The SMILES string of the molecule is Cl.Cl.O=[N+]([O-])c1ccc(CCCN2CCNCC2)cc1. The van der Waals surface area contributed by atoms with Gasteiger partial charge >= 0.3 is 0 Å². The topological polar surface area (TPSA) is 58.4 Å². The zero-order chi connectivity index (χ0) is 12.8. The number of benzene rings is 1. The number of non-ortho nitro benzene ring substituents is 1. The molecule has 0 bridgehead atoms. The van der Waals surface area contributed by atoms with Crippen molar-refractivity contribution < 1.29 is 4.92 Å². The molecule has 0 spiro atoms. The number of hydrogen-bond donors (Lipinski definition) is 1. The van der Waals surface area contributed by atoms with Gasteiger partial charge in [0.15, 0.2) is 0 Å². The van der Waals surface area contributed by atoms with Gasteiger partial charge in [0.25, 0.3) is 5.69 Å². The molecule has 0 radical (unpaired) electrons. The average Bonchev–Trinajstić information content (AvgIpc) is 2.40. The average molecular weight is 322 g/mol. The van der Waals surface area contributed by atoms with E-state index in [1.54, 1.807) is 12.1 Å². The first kappa shape index (κ1) is 19.1. The van der Waals surface area contributed by atoms with Crippen molar-refractivity contribution in [1.82, 2.24) is 10.2 Å². The Morgan fingerprint density at radius 3 is 2.30 bits per heavy atom. The Morgan fingerprint density at radius 1 is 1.15 bits per heavy atom. The van der Waals surface area contributed by atoms with Crippen LogP contribution in [0.5, 0.6) is 0 Å². The Bertz CT molecular complexity index is 395. The van der Waals surface area contributed by atoms with E-state index in [1.165, 1.54) is 5.56 Å². The van der Waals surface area contributed by atoms with Crippen LogP contribution in [-0.2, 0) is 6.42 Å². The number of nitro benzene ring substituents is 1. The van der Waals surface area contributed by atoms with Gasteiger partial charge in [0.2, 0.25) is 0 Å². The van der Waals surface area contributed by atoms with Gasteiger partial charge in [0, 0.05) is 38.3 Å². The minimum absolute atomic E-state index is 0. The maximum atomic E-state index is 10.5. The number of nitrogens with one attached hydrogen (secondary N) is 1. The van der Waals surface area contributed by atoms with Crippen LogP contribution < -0.4 is 5.32 Å². The fraction of sp³-hybridized carbons (Fsp3) is 0.538. The molecule has 1 aromatic carbocycles. The molecule has 114 valence electrons. The molecule has 0 atom stereocenters. The van der Waals surface area contributed by atoms with E-state index in [1.807, 2.05) is 12.1 Å². The van der Waals surface area contributed by atoms with Crippen molar-refractivity contribution in [2.24, 2.45) is 0 Å². The van der Waals surface area contributed by atoms with Gasteiger partial charge in [-0.3, -0.25) is 10.1 Å². The van der Waals surface area contributed by atoms with Crippen molar-refractivity contribution in [3.05, 3.63) is 39.9 Å². The molecular weight excluding hydrogens is 301 g/mol. The molecule has 0 amide bonds. The van der Waals surface area contributed by atoms with Crippen LogP contribution in [0.3, 0.4) is 0 Å². The van der Waals surface area contributed by atoms with Gasteiger partial charge in [-0.2, -0.15) is 0 Å². The van der Waals surface area contributed by atoms with Crippen LogP contribution in [-0.4, -0.2) is 42.5 Å². The molecule has 0 aromatic heterocycles. The first-order valence-corrected chi connectivity index (χ1v) is 6.42. The summed E-state index contributed by atoms with van der Waals surface area (Å²) >= 11 is 0. The van der Waals surface area contributed by atoms with Gasteiger partial charge in [0.1, 0.15) is 0 Å². The lowest BCUT2D eigenvalue weighted by Crippen LogP contribution is -2.43. The Labute approximate surface area is 131 Å². The molecule has 1 fully saturated rings. The van der Waals surface area contributed by atoms with Gasteiger partial charge in [-0.15, -0.1) is 24.8 Å². The maximum absolute atomic E-state index is 10.5. The minimum atomic E-state index is -0.357. The normalized spacial score (nSPS) is 15.0. The fourth-order valence-corrected chi connectivity index (χ4v) is 2.23. The van der Waals surface area contributed by atoms with E-state index in [2.05, 4.69) is 10.2 Å². The summed E-state index contributed by atoms with van der Waals surface area (Å²) < 4.78 is 0. The van der Waals surface area contributed by atoms with E-state index in [4.69, 9.17) is 0 Å². The molecule has 0 saturated carbocycles. The highest BCUT2D eigenvalue weighted by atomic mass is 35.5. The quantitative estimate of drug-likeness (QED) is 0.667. The summed E-state index contributed by atoms with van der Waals surface area (Å²) in [6.45, 7) is 5.52. The van der Waals surface area contributed by atoms with Crippen molar-refractivity contribution in [3.63, 3.8) is 0 Å². The monoisotopic (exact) mass is 321 g/mol. The molecular formula is C13H21Cl2N3O2. The largest absolute Gasteiger partial charge is 0.314 e. The third kappa shape index (κ3) is 6.05. The second kappa shape index (κ2) is 9.94. The molecule has 1 aromatic rings. The standard InChI is InChI=1S/C13H19N3O2.2ClH/c17-16(18)13-5-3-12(4-6-13)2-1-9-15-10-7-14-8-11-15;;/h3-6,14H,1-2,7-11H2;2*1H. The van der Waals surface area contributed by atoms with Crippen LogP contribution in [0.2, 0.25) is 0 Å². The molecule has 0 aliphatic carbocycles. The van der Waals surface area contributed by atoms with Crippen molar-refractivity contribution in [2.45, 2.75) is 12.8 Å². The van der Waals surface area contributed by atoms with Crippen molar-refractivity contribution in [2.75, 3.05) is 32.7 Å². The van der Waals surface area contributed by atoms with Crippen LogP contribution >= 0.6 is 24.8 Å². The zero-order valence-corrected chi connectivity index (χ0v) is 12.9. The van der Waals surface area contributed by atoms with E-state index in [9.17, 15) is 10.1 Å². The fourth-order valence-electron chi connectivity index (χ4n) is 2.23. The van der Waals surface area contributed by atoms with Gasteiger partial charge in [0.05, 0.1) is 4.92 Å². The Hall–Kier alpha value is -0.880. The lowest BCUT2D eigenvalue weighted by Gasteiger charge is -2.27. The van der Waals surface area contributed by atoms with E-state index >= 15 is 0 Å². The number of piperazine rings is 1. The zero-order valence-electron chi connectivity index (χ0n) is 11.3. The van der Waals surface area contributed by atoms with Gasteiger partial charge in [-0.05, 0) is 24.9 Å². The van der Waals surface area contributed by atoms with E-state index < -0.39 is 0 Å². The highest BCUT2D eigenvalue weighted by molar-refractivity contribution is 5.85. The highest BCUT2D eigenvalue weighted by Gasteiger charge is 2.09. The van der Waals surface area contributed by atoms with Crippen LogP contribution in [0.25, 0.3) is 0 Å². The molecule has 20 heavy (non-hydrogen) atoms. The van der Waals surface area contributed by atoms with E-state index in [0.29, 0.717) is 0 Å². The molecule has 1 heterocycles. The van der Waals surface area contributed by atoms with Gasteiger partial charge < -0.3 is 10.2 Å². The molecule has 1 aliphatic heterocycles. The smallest absolute Gasteiger partial charge is 0.269 e. The van der Waals surface area contributed by atoms with Gasteiger partial charge in [-0.25, -0.2) is 0 Å². The number of hydrogen-bond acceptors (Lipinski definition) is 4. The Kier molecular flexibility index (Phi) is 9.50. The number of rotatable bonds is 5. The highest BCUT2D eigenvalue weighted by Crippen LogP contribution is 2.13. The molecule has 7 heteroatoms. The first-order valence-electron chi connectivity index (χ1n) is 6.42. The molecule has 1 saturated heterocycles. The van der Waals surface area contributed by atoms with Crippen LogP contribution in [0, 0.1) is 10.1 Å². The Balaban J connectivity index is 0.00000180. The predicted octanol–water partition coefficient (Wildman–Crippen LogP) is 2.28. The van der Waals surface area contributed by atoms with Crippen molar-refractivity contribution in [3.8, 4) is 0 Å². The number of halogens is 2. The molecule has 1 aliphatic rings. The van der Waals surface area contributed by atoms with E-state index in [0.717, 1.165) is 45.6 Å². The third-order valence-corrected chi connectivity index (χ3v) is 3.30. The van der Waals surface area contributed by atoms with Crippen molar-refractivity contribution >= 4 is 30.5 Å². The van der Waals surface area contributed by atoms with Crippen molar-refractivity contribution in [1.29, 1.82) is 0 Å². The third-order valence-electron chi connectivity index (χ3n) is 3.30. The molecule has 2 rings (SSSR count). The lowest BCUT2D eigenvalue weighted by atomic mass is 10.1. The van der Waals surface area contributed by atoms with Crippen LogP contribution in [0.15, 0.2) is 24.3 Å². The predicted molar refractivity (Wildman–Crippen MR) is 85.2 cm³/mol. The maximum Gasteiger partial charge on any atom is 0.269 e. The summed E-state index contributed by atoms with van der Waals surface area (Å²) in [7, 11) is 0. The minimum Gasteiger partial charge on any atom is -0.314 e. The number of nitrogens with zero attached hydrogens (tertiary/aromatic N) is 2. The summed E-state index contributed by atoms with van der Waals surface area (Å²) in [5, 5.41) is 13.9. The summed E-state index contributed by atoms with van der Waals surface area (Å²) in [5.74, 6) is 0. The first-order chi connectivity index (χ1) is 8.75. The lowest BCUT2D eigenvalue weighted by molar-refractivity contribution is -0.384. The summed E-state index contributed by atoms with van der Waals surface area (Å²) in [6.07, 6.45) is 2.10. The molecule has 5 nitrogen and oxygen atoms in total. The summed E-state index contributed by atoms with van der Waals surface area (Å²) in [6, 6.07) is 6.88. The molecule has 0 unspecified atom stereocenters. The number of aryl methyl sites for hydroxylation is 1. The Morgan fingerprint density at radius 2 is 1.75 bits per heavy atom. The van der Waals surface area contributed by atoms with Gasteiger partial charge in [-0.1, -0.05) is 12.1 Å². The van der Waals surface area contributed by atoms with E-state index in [-0.39, 0.29) is 35.4 Å². The molecule has 1 N–H and O–H groups in total. The van der Waals surface area contributed by atoms with Crippen LogP contribution in [0.4, 0.5) is 5.69 Å². The summed E-state index contributed by atoms with van der Waals surface area (Å²) in [4.78, 5) is 12.6. The second-order valence-corrected chi connectivity index (χ2v) is 4.62. The van der Waals surface area contributed by atoms with Crippen LogP contribution in [0.1, 0.15) is 12.0 Å².